The molecule has 0 spiro atoms. The monoisotopic (exact) mass is 440 g/mol. The lowest BCUT2D eigenvalue weighted by atomic mass is 10.1. The molecule has 4 aromatic rings. The van der Waals surface area contributed by atoms with Crippen LogP contribution in [-0.2, 0) is 6.54 Å². The number of benzene rings is 2. The standard InChI is InChI=1S/C19H13ClN6O3S/c20-15-4-2-1-3-14(15)10-24-7-8-30-19(24)23-18(27)13-5-6-16(17(9-13)26(28)29)25-12-21-11-22-25/h1-9,11-12H,10H2. The minimum Gasteiger partial charge on any atom is -0.319 e. The maximum Gasteiger partial charge on any atom is 0.295 e. The highest BCUT2D eigenvalue weighted by Gasteiger charge is 2.19. The SMILES string of the molecule is O=C(N=c1sccn1Cc1ccccc1Cl)c1ccc(-n2cncn2)c([N+](=O)[O-])c1. The van der Waals surface area contributed by atoms with Crippen molar-refractivity contribution in [1.29, 1.82) is 0 Å². The van der Waals surface area contributed by atoms with Crippen LogP contribution in [-0.4, -0.2) is 30.2 Å². The largest absolute Gasteiger partial charge is 0.319 e. The van der Waals surface area contributed by atoms with Crippen LogP contribution in [0.15, 0.2) is 71.7 Å². The first-order valence-corrected chi connectivity index (χ1v) is 9.88. The van der Waals surface area contributed by atoms with Gasteiger partial charge in [-0.05, 0) is 23.8 Å². The van der Waals surface area contributed by atoms with E-state index in [4.69, 9.17) is 11.6 Å². The molecule has 1 amide bonds. The molecule has 0 fully saturated rings. The summed E-state index contributed by atoms with van der Waals surface area (Å²) in [5.74, 6) is -0.585. The van der Waals surface area contributed by atoms with Crippen molar-refractivity contribution < 1.29 is 9.72 Å². The van der Waals surface area contributed by atoms with Gasteiger partial charge < -0.3 is 4.57 Å². The topological polar surface area (TPSA) is 108 Å². The van der Waals surface area contributed by atoms with Crippen LogP contribution >= 0.6 is 22.9 Å². The highest BCUT2D eigenvalue weighted by atomic mass is 35.5. The van der Waals surface area contributed by atoms with E-state index in [1.807, 2.05) is 18.2 Å². The van der Waals surface area contributed by atoms with Gasteiger partial charge in [0, 0.05) is 28.2 Å². The van der Waals surface area contributed by atoms with Crippen molar-refractivity contribution in [2.24, 2.45) is 4.99 Å². The number of rotatable bonds is 5. The molecule has 0 aliphatic heterocycles. The fourth-order valence-electron chi connectivity index (χ4n) is 2.80. The van der Waals surface area contributed by atoms with Gasteiger partial charge in [-0.15, -0.1) is 11.3 Å². The molecule has 150 valence electrons. The number of aromatic nitrogens is 4. The van der Waals surface area contributed by atoms with Crippen LogP contribution in [0.3, 0.4) is 0 Å². The summed E-state index contributed by atoms with van der Waals surface area (Å²) < 4.78 is 3.06. The Balaban J connectivity index is 1.67. The summed E-state index contributed by atoms with van der Waals surface area (Å²) in [6, 6.07) is 11.5. The van der Waals surface area contributed by atoms with Crippen LogP contribution in [0.25, 0.3) is 5.69 Å². The molecule has 4 rings (SSSR count). The fraction of sp³-hybridized carbons (Fsp3) is 0.0526. The molecule has 0 saturated carbocycles. The number of nitro groups is 1. The second kappa shape index (κ2) is 8.39. The average Bonchev–Trinajstić information content (AvgIpc) is 3.42. The third-order valence-corrected chi connectivity index (χ3v) is 5.40. The summed E-state index contributed by atoms with van der Waals surface area (Å²) in [5, 5.41) is 17.8. The van der Waals surface area contributed by atoms with Gasteiger partial charge in [0.15, 0.2) is 4.80 Å². The van der Waals surface area contributed by atoms with E-state index in [0.29, 0.717) is 16.4 Å². The van der Waals surface area contributed by atoms with Gasteiger partial charge in [-0.1, -0.05) is 29.8 Å². The molecule has 2 aromatic carbocycles. The second-order valence-electron chi connectivity index (χ2n) is 6.12. The second-order valence-corrected chi connectivity index (χ2v) is 7.40. The minimum absolute atomic E-state index is 0.100. The van der Waals surface area contributed by atoms with Crippen molar-refractivity contribution in [2.75, 3.05) is 0 Å². The molecule has 0 bridgehead atoms. The van der Waals surface area contributed by atoms with Crippen molar-refractivity contribution in [3.05, 3.63) is 97.8 Å². The zero-order valence-electron chi connectivity index (χ0n) is 15.3. The molecule has 30 heavy (non-hydrogen) atoms. The van der Waals surface area contributed by atoms with Crippen LogP contribution in [0, 0.1) is 10.1 Å². The predicted octanol–water partition coefficient (Wildman–Crippen LogP) is 3.48. The van der Waals surface area contributed by atoms with E-state index in [2.05, 4.69) is 15.1 Å². The number of nitro benzene ring substituents is 1. The van der Waals surface area contributed by atoms with Gasteiger partial charge in [-0.2, -0.15) is 10.1 Å². The van der Waals surface area contributed by atoms with Crippen molar-refractivity contribution in [2.45, 2.75) is 6.54 Å². The van der Waals surface area contributed by atoms with E-state index in [1.54, 1.807) is 22.2 Å². The maximum atomic E-state index is 12.7. The van der Waals surface area contributed by atoms with E-state index < -0.39 is 10.8 Å². The summed E-state index contributed by atoms with van der Waals surface area (Å²) in [7, 11) is 0. The average molecular weight is 441 g/mol. The van der Waals surface area contributed by atoms with Crippen molar-refractivity contribution in [3.63, 3.8) is 0 Å². The van der Waals surface area contributed by atoms with Crippen molar-refractivity contribution >= 4 is 34.5 Å². The van der Waals surface area contributed by atoms with E-state index in [9.17, 15) is 14.9 Å². The summed E-state index contributed by atoms with van der Waals surface area (Å²) >= 11 is 7.50. The quantitative estimate of drug-likeness (QED) is 0.348. The van der Waals surface area contributed by atoms with Crippen LogP contribution in [0.4, 0.5) is 5.69 Å². The normalized spacial score (nSPS) is 11.6. The molecule has 2 aromatic heterocycles. The third-order valence-electron chi connectivity index (χ3n) is 4.24. The zero-order valence-corrected chi connectivity index (χ0v) is 16.8. The highest BCUT2D eigenvalue weighted by Crippen LogP contribution is 2.24. The molecule has 0 N–H and O–H groups in total. The Morgan fingerprint density at radius 3 is 2.83 bits per heavy atom. The Bertz CT molecular complexity index is 1300. The molecular weight excluding hydrogens is 428 g/mol. The Morgan fingerprint density at radius 2 is 2.10 bits per heavy atom. The summed E-state index contributed by atoms with van der Waals surface area (Å²) in [6.07, 6.45) is 4.42. The first-order valence-electron chi connectivity index (χ1n) is 8.63. The van der Waals surface area contributed by atoms with Crippen molar-refractivity contribution in [3.8, 4) is 5.69 Å². The van der Waals surface area contributed by atoms with Crippen LogP contribution in [0.2, 0.25) is 5.02 Å². The number of amides is 1. The van der Waals surface area contributed by atoms with E-state index >= 15 is 0 Å². The van der Waals surface area contributed by atoms with Gasteiger partial charge in [0.2, 0.25) is 0 Å². The molecule has 2 heterocycles. The van der Waals surface area contributed by atoms with Gasteiger partial charge in [0.25, 0.3) is 11.6 Å². The zero-order chi connectivity index (χ0) is 21.1. The lowest BCUT2D eigenvalue weighted by molar-refractivity contribution is -0.384. The van der Waals surface area contributed by atoms with Gasteiger partial charge in [-0.25, -0.2) is 9.67 Å². The Morgan fingerprint density at radius 1 is 1.27 bits per heavy atom. The molecular formula is C19H13ClN6O3S. The van der Waals surface area contributed by atoms with E-state index in [-0.39, 0.29) is 16.9 Å². The first kappa shape index (κ1) is 19.7. The lowest BCUT2D eigenvalue weighted by Crippen LogP contribution is -2.17. The van der Waals surface area contributed by atoms with Crippen LogP contribution in [0.1, 0.15) is 15.9 Å². The Kier molecular flexibility index (Phi) is 5.50. The number of hydrogen-bond acceptors (Lipinski definition) is 6. The van der Waals surface area contributed by atoms with Gasteiger partial charge in [0.1, 0.15) is 18.3 Å². The smallest absolute Gasteiger partial charge is 0.295 e. The van der Waals surface area contributed by atoms with Gasteiger partial charge in [-0.3, -0.25) is 14.9 Å². The number of nitrogens with zero attached hydrogens (tertiary/aromatic N) is 6. The van der Waals surface area contributed by atoms with Crippen LogP contribution < -0.4 is 4.80 Å². The summed E-state index contributed by atoms with van der Waals surface area (Å²) in [4.78, 5) is 32.0. The molecule has 0 aliphatic carbocycles. The number of thiazole rings is 1. The Hall–Kier alpha value is -3.63. The summed E-state index contributed by atoms with van der Waals surface area (Å²) in [6.45, 7) is 0.445. The molecule has 0 aliphatic rings. The molecule has 0 radical (unpaired) electrons. The fourth-order valence-corrected chi connectivity index (χ4v) is 3.72. The maximum absolute atomic E-state index is 12.7. The van der Waals surface area contributed by atoms with E-state index in [1.165, 1.54) is 46.9 Å². The molecule has 0 unspecified atom stereocenters. The lowest BCUT2D eigenvalue weighted by Gasteiger charge is -2.05. The third kappa shape index (κ3) is 4.04. The van der Waals surface area contributed by atoms with E-state index in [0.717, 1.165) is 5.56 Å². The van der Waals surface area contributed by atoms with Gasteiger partial charge >= 0.3 is 0 Å². The number of carbonyl (C=O) groups is 1. The summed E-state index contributed by atoms with van der Waals surface area (Å²) in [5.41, 5.74) is 0.929. The molecule has 0 atom stereocenters. The highest BCUT2D eigenvalue weighted by molar-refractivity contribution is 7.07. The van der Waals surface area contributed by atoms with Gasteiger partial charge in [0.05, 0.1) is 11.5 Å². The number of halogens is 1. The molecule has 0 saturated heterocycles. The van der Waals surface area contributed by atoms with Crippen LogP contribution in [0.5, 0.6) is 0 Å². The minimum atomic E-state index is -0.585. The Labute approximate surface area is 178 Å². The number of carbonyl (C=O) groups excluding carboxylic acids is 1. The number of hydrogen-bond donors (Lipinski definition) is 0. The first-order chi connectivity index (χ1) is 14.5. The molecule has 9 nitrogen and oxygen atoms in total. The molecule has 11 heteroatoms. The predicted molar refractivity (Wildman–Crippen MR) is 111 cm³/mol. The van der Waals surface area contributed by atoms with Crippen molar-refractivity contribution in [1.82, 2.24) is 19.3 Å².